The molecule has 138 valence electrons. The van der Waals surface area contributed by atoms with Gasteiger partial charge in [0, 0.05) is 37.6 Å². The number of nitro groups is 1. The van der Waals surface area contributed by atoms with E-state index < -0.39 is 11.2 Å². The van der Waals surface area contributed by atoms with Crippen LogP contribution in [0.2, 0.25) is 0 Å². The van der Waals surface area contributed by atoms with Crippen LogP contribution >= 0.6 is 0 Å². The molecular weight excluding hydrogens is 354 g/mol. The lowest BCUT2D eigenvalue weighted by Gasteiger charge is -2.32. The van der Waals surface area contributed by atoms with Crippen molar-refractivity contribution < 1.29 is 9.48 Å². The van der Waals surface area contributed by atoms with Gasteiger partial charge >= 0.3 is 0 Å². The monoisotopic (exact) mass is 375 g/mol. The molecule has 2 saturated heterocycles. The Hall–Kier alpha value is -2.10. The van der Waals surface area contributed by atoms with E-state index >= 15 is 0 Å². The van der Waals surface area contributed by atoms with Gasteiger partial charge in [0.1, 0.15) is 23.1 Å². The molecule has 9 heteroatoms. The van der Waals surface area contributed by atoms with Crippen molar-refractivity contribution in [3.8, 4) is 0 Å². The number of fused-ring (bicyclic) bond motifs is 1. The lowest BCUT2D eigenvalue weighted by atomic mass is 10.1. The van der Waals surface area contributed by atoms with E-state index in [0.717, 1.165) is 43.2 Å². The summed E-state index contributed by atoms with van der Waals surface area (Å²) in [6, 6.07) is 6.97. The molecule has 1 N–H and O–H groups in total. The first-order valence-electron chi connectivity index (χ1n) is 8.77. The van der Waals surface area contributed by atoms with Crippen LogP contribution in [0.15, 0.2) is 24.3 Å². The molecule has 0 amide bonds. The van der Waals surface area contributed by atoms with Crippen molar-refractivity contribution in [2.75, 3.05) is 60.6 Å². The number of pyridine rings is 1. The van der Waals surface area contributed by atoms with Gasteiger partial charge in [-0.05, 0) is 6.07 Å². The number of rotatable bonds is 3. The largest absolute Gasteiger partial charge is 0.616 e. The van der Waals surface area contributed by atoms with Crippen molar-refractivity contribution in [3.05, 3.63) is 34.4 Å². The third-order valence-electron chi connectivity index (χ3n) is 4.93. The Morgan fingerprint density at radius 3 is 2.50 bits per heavy atom. The van der Waals surface area contributed by atoms with Crippen molar-refractivity contribution in [1.29, 1.82) is 0 Å². The second kappa shape index (κ2) is 7.26. The maximum absolute atomic E-state index is 11.7. The third-order valence-corrected chi connectivity index (χ3v) is 6.21. The van der Waals surface area contributed by atoms with E-state index in [1.165, 1.54) is 0 Å². The zero-order valence-electron chi connectivity index (χ0n) is 14.4. The maximum Gasteiger partial charge on any atom is 0.277 e. The van der Waals surface area contributed by atoms with E-state index in [2.05, 4.69) is 15.1 Å². The molecule has 0 spiro atoms. The Bertz CT molecular complexity index is 819. The van der Waals surface area contributed by atoms with Gasteiger partial charge in [0.05, 0.1) is 23.4 Å². The topological polar surface area (TPSA) is 97.6 Å². The predicted molar refractivity (Wildman–Crippen MR) is 104 cm³/mol. The Morgan fingerprint density at radius 2 is 1.81 bits per heavy atom. The van der Waals surface area contributed by atoms with E-state index in [9.17, 15) is 14.7 Å². The first-order chi connectivity index (χ1) is 12.6. The highest BCUT2D eigenvalue weighted by Gasteiger charge is 2.25. The number of anilines is 2. The number of aromatic nitrogens is 1. The average Bonchev–Trinajstić information content (AvgIpc) is 2.68. The summed E-state index contributed by atoms with van der Waals surface area (Å²) in [6.45, 7) is 4.69. The van der Waals surface area contributed by atoms with Gasteiger partial charge in [0.25, 0.3) is 5.69 Å². The summed E-state index contributed by atoms with van der Waals surface area (Å²) < 4.78 is 11.7. The number of hydrogen-bond acceptors (Lipinski definition) is 7. The molecular formula is C17H21N5O3S. The fourth-order valence-electron chi connectivity index (χ4n) is 3.54. The lowest BCUT2D eigenvalue weighted by Crippen LogP contribution is -2.44. The first kappa shape index (κ1) is 17.3. The van der Waals surface area contributed by atoms with Gasteiger partial charge < -0.3 is 19.7 Å². The van der Waals surface area contributed by atoms with Crippen LogP contribution in [-0.4, -0.2) is 65.2 Å². The Morgan fingerprint density at radius 1 is 1.08 bits per heavy atom. The number of hydrogen-bond donors (Lipinski definition) is 1. The van der Waals surface area contributed by atoms with Gasteiger partial charge in [0.15, 0.2) is 0 Å². The quantitative estimate of drug-likeness (QED) is 0.488. The van der Waals surface area contributed by atoms with Crippen LogP contribution in [0, 0.1) is 10.1 Å². The highest BCUT2D eigenvalue weighted by Crippen LogP contribution is 2.35. The minimum Gasteiger partial charge on any atom is -0.616 e. The third kappa shape index (κ3) is 3.29. The summed E-state index contributed by atoms with van der Waals surface area (Å²) in [7, 11) is 0. The molecule has 8 nitrogen and oxygen atoms in total. The highest BCUT2D eigenvalue weighted by molar-refractivity contribution is 7.91. The van der Waals surface area contributed by atoms with Gasteiger partial charge in [-0.1, -0.05) is 23.3 Å². The van der Waals surface area contributed by atoms with Crippen LogP contribution in [0.1, 0.15) is 0 Å². The van der Waals surface area contributed by atoms with E-state index in [-0.39, 0.29) is 10.6 Å². The standard InChI is InChI=1S/C17H21N5O3S/c23-22(24)15-3-1-2-13-14(15)12-16(20-6-4-18-5-7-20)19-17(13)21-8-10-26(25)11-9-21/h1-3,12,18H,4-11H2. The van der Waals surface area contributed by atoms with E-state index in [1.54, 1.807) is 12.1 Å². The zero-order valence-corrected chi connectivity index (χ0v) is 15.2. The molecule has 26 heavy (non-hydrogen) atoms. The smallest absolute Gasteiger partial charge is 0.277 e. The second-order valence-corrected chi connectivity index (χ2v) is 8.20. The summed E-state index contributed by atoms with van der Waals surface area (Å²) in [5.41, 5.74) is 0.100. The summed E-state index contributed by atoms with van der Waals surface area (Å²) >= 11 is -0.786. The molecule has 0 radical (unpaired) electrons. The van der Waals surface area contributed by atoms with Crippen molar-refractivity contribution in [2.24, 2.45) is 0 Å². The van der Waals surface area contributed by atoms with Gasteiger partial charge in [-0.2, -0.15) is 0 Å². The Labute approximate surface area is 154 Å². The maximum atomic E-state index is 11.7. The lowest BCUT2D eigenvalue weighted by molar-refractivity contribution is -0.383. The molecule has 3 heterocycles. The number of nitro benzene ring substituents is 1. The van der Waals surface area contributed by atoms with Gasteiger partial charge in [-0.3, -0.25) is 10.1 Å². The van der Waals surface area contributed by atoms with Gasteiger partial charge in [-0.25, -0.2) is 4.98 Å². The molecule has 2 aromatic rings. The minimum absolute atomic E-state index is 0.100. The van der Waals surface area contributed by atoms with E-state index in [1.807, 2.05) is 12.1 Å². The molecule has 1 aromatic heterocycles. The molecule has 1 aromatic carbocycles. The molecule has 2 fully saturated rings. The molecule has 2 aliphatic rings. The van der Waals surface area contributed by atoms with Crippen molar-refractivity contribution in [1.82, 2.24) is 10.3 Å². The Balaban J connectivity index is 1.84. The fraction of sp³-hybridized carbons (Fsp3) is 0.471. The molecule has 0 aliphatic carbocycles. The van der Waals surface area contributed by atoms with E-state index in [0.29, 0.717) is 30.0 Å². The number of piperazine rings is 1. The summed E-state index contributed by atoms with van der Waals surface area (Å²) in [5, 5.41) is 16.2. The van der Waals surface area contributed by atoms with Crippen molar-refractivity contribution in [2.45, 2.75) is 0 Å². The summed E-state index contributed by atoms with van der Waals surface area (Å²) in [5.74, 6) is 2.75. The fourth-order valence-corrected chi connectivity index (χ4v) is 4.59. The molecule has 0 atom stereocenters. The van der Waals surface area contributed by atoms with Crippen LogP contribution < -0.4 is 15.1 Å². The second-order valence-electron chi connectivity index (χ2n) is 6.51. The normalized spacial score (nSPS) is 19.1. The molecule has 0 unspecified atom stereocenters. The highest BCUT2D eigenvalue weighted by atomic mass is 32.2. The van der Waals surface area contributed by atoms with Gasteiger partial charge in [-0.15, -0.1) is 0 Å². The molecule has 4 rings (SSSR count). The Kier molecular flexibility index (Phi) is 4.84. The van der Waals surface area contributed by atoms with E-state index in [4.69, 9.17) is 4.98 Å². The minimum atomic E-state index is -0.786. The first-order valence-corrected chi connectivity index (χ1v) is 10.3. The summed E-state index contributed by atoms with van der Waals surface area (Å²) in [4.78, 5) is 20.4. The zero-order chi connectivity index (χ0) is 18.1. The van der Waals surface area contributed by atoms with Crippen molar-refractivity contribution >= 4 is 39.3 Å². The summed E-state index contributed by atoms with van der Waals surface area (Å²) in [6.07, 6.45) is 0. The molecule has 2 aliphatic heterocycles. The van der Waals surface area contributed by atoms with Crippen molar-refractivity contribution in [3.63, 3.8) is 0 Å². The van der Waals surface area contributed by atoms with Crippen LogP contribution in [0.3, 0.4) is 0 Å². The van der Waals surface area contributed by atoms with Crippen LogP contribution in [0.4, 0.5) is 17.3 Å². The number of non-ortho nitro benzene ring substituents is 1. The number of nitrogens with zero attached hydrogens (tertiary/aromatic N) is 4. The van der Waals surface area contributed by atoms with Crippen LogP contribution in [0.5, 0.6) is 0 Å². The molecule has 0 saturated carbocycles. The number of nitrogens with one attached hydrogen (secondary N) is 1. The van der Waals surface area contributed by atoms with Crippen LogP contribution in [0.25, 0.3) is 10.8 Å². The number of benzene rings is 1. The van der Waals surface area contributed by atoms with Crippen LogP contribution in [-0.2, 0) is 11.2 Å². The van der Waals surface area contributed by atoms with Gasteiger partial charge in [0.2, 0.25) is 0 Å². The average molecular weight is 375 g/mol. The molecule has 0 bridgehead atoms. The predicted octanol–water partition coefficient (Wildman–Crippen LogP) is 1.12. The SMILES string of the molecule is O=[N+]([O-])c1cccc2c(N3CC[S+]([O-])CC3)nc(N3CCNCC3)cc12.